The topological polar surface area (TPSA) is 49.7 Å². The van der Waals surface area contributed by atoms with E-state index in [9.17, 15) is 10.0 Å². The molecule has 106 valence electrons. The lowest BCUT2D eigenvalue weighted by atomic mass is 9.79. The van der Waals surface area contributed by atoms with Crippen molar-refractivity contribution in [3.8, 4) is 5.75 Å². The smallest absolute Gasteiger partial charge is 0.492 e. The average molecular weight is 264 g/mol. The minimum Gasteiger partial charge on any atom is -0.494 e. The van der Waals surface area contributed by atoms with Gasteiger partial charge in [0.05, 0.1) is 6.61 Å². The van der Waals surface area contributed by atoms with Gasteiger partial charge >= 0.3 is 7.12 Å². The van der Waals surface area contributed by atoms with Crippen LogP contribution >= 0.6 is 0 Å². The van der Waals surface area contributed by atoms with Crippen molar-refractivity contribution < 1.29 is 14.8 Å². The lowest BCUT2D eigenvalue weighted by molar-refractivity contribution is 0.234. The first-order chi connectivity index (χ1) is 9.08. The third-order valence-corrected chi connectivity index (χ3v) is 3.46. The highest BCUT2D eigenvalue weighted by Crippen LogP contribution is 2.16. The summed E-state index contributed by atoms with van der Waals surface area (Å²) in [4.78, 5) is 0. The molecule has 0 heterocycles. The van der Waals surface area contributed by atoms with Crippen molar-refractivity contribution >= 4 is 12.6 Å². The third-order valence-electron chi connectivity index (χ3n) is 3.46. The van der Waals surface area contributed by atoms with E-state index in [0.29, 0.717) is 23.7 Å². The molecular weight excluding hydrogens is 239 g/mol. The van der Waals surface area contributed by atoms with E-state index < -0.39 is 7.12 Å². The second-order valence-electron chi connectivity index (χ2n) is 5.14. The predicted octanol–water partition coefficient (Wildman–Crippen LogP) is 2.27. The van der Waals surface area contributed by atoms with Crippen LogP contribution in [0.1, 0.15) is 45.1 Å². The molecule has 0 aromatic heterocycles. The largest absolute Gasteiger partial charge is 0.494 e. The second kappa shape index (κ2) is 8.23. The van der Waals surface area contributed by atoms with E-state index in [2.05, 4.69) is 13.8 Å². The van der Waals surface area contributed by atoms with E-state index >= 15 is 0 Å². The van der Waals surface area contributed by atoms with Gasteiger partial charge in [-0.15, -0.1) is 0 Å². The predicted molar refractivity (Wildman–Crippen MR) is 79.8 cm³/mol. The Labute approximate surface area is 116 Å². The molecule has 0 saturated carbocycles. The van der Waals surface area contributed by atoms with Gasteiger partial charge in [0.25, 0.3) is 0 Å². The summed E-state index contributed by atoms with van der Waals surface area (Å²) in [7, 11) is -1.48. The van der Waals surface area contributed by atoms with E-state index in [1.54, 1.807) is 6.07 Å². The van der Waals surface area contributed by atoms with Crippen molar-refractivity contribution in [1.82, 2.24) is 0 Å². The Morgan fingerprint density at radius 2 is 2.00 bits per heavy atom. The van der Waals surface area contributed by atoms with Gasteiger partial charge in [0, 0.05) is 5.46 Å². The molecule has 1 aromatic rings. The molecule has 0 aliphatic rings. The zero-order valence-electron chi connectivity index (χ0n) is 12.2. The van der Waals surface area contributed by atoms with Crippen LogP contribution in [-0.4, -0.2) is 23.8 Å². The Hall–Kier alpha value is -0.995. The van der Waals surface area contributed by atoms with Crippen molar-refractivity contribution in [2.45, 2.75) is 46.5 Å². The Balaban J connectivity index is 2.65. The quantitative estimate of drug-likeness (QED) is 0.708. The van der Waals surface area contributed by atoms with Crippen LogP contribution < -0.4 is 10.2 Å². The Kier molecular flexibility index (Phi) is 6.96. The lowest BCUT2D eigenvalue weighted by Gasteiger charge is -2.17. The van der Waals surface area contributed by atoms with Crippen LogP contribution in [0.25, 0.3) is 0 Å². The summed E-state index contributed by atoms with van der Waals surface area (Å²) in [6, 6.07) is 5.50. The number of benzene rings is 1. The summed E-state index contributed by atoms with van der Waals surface area (Å²) >= 11 is 0. The molecule has 0 aliphatic carbocycles. The fourth-order valence-electron chi connectivity index (χ4n) is 2.11. The highest BCUT2D eigenvalue weighted by atomic mass is 16.5. The minimum atomic E-state index is -1.48. The number of ether oxygens (including phenoxy) is 1. The van der Waals surface area contributed by atoms with Crippen molar-refractivity contribution in [1.29, 1.82) is 0 Å². The molecule has 0 aliphatic heterocycles. The molecule has 0 radical (unpaired) electrons. The van der Waals surface area contributed by atoms with Gasteiger partial charge in [-0.3, -0.25) is 0 Å². The first-order valence-electron chi connectivity index (χ1n) is 7.17. The summed E-state index contributed by atoms with van der Waals surface area (Å²) < 4.78 is 5.78. The zero-order chi connectivity index (χ0) is 14.3. The first-order valence-corrected chi connectivity index (χ1v) is 7.17. The monoisotopic (exact) mass is 264 g/mol. The molecule has 1 unspecified atom stereocenters. The molecule has 0 amide bonds. The Morgan fingerprint density at radius 3 is 2.58 bits per heavy atom. The van der Waals surface area contributed by atoms with Gasteiger partial charge in [0.2, 0.25) is 0 Å². The molecule has 0 bridgehead atoms. The highest BCUT2D eigenvalue weighted by molar-refractivity contribution is 6.59. The molecule has 0 saturated heterocycles. The van der Waals surface area contributed by atoms with E-state index in [0.717, 1.165) is 18.4 Å². The minimum absolute atomic E-state index is 0.449. The average Bonchev–Trinajstić information content (AvgIpc) is 2.40. The van der Waals surface area contributed by atoms with Gasteiger partial charge in [-0.05, 0) is 25.3 Å². The molecule has 0 spiro atoms. The Morgan fingerprint density at radius 1 is 1.26 bits per heavy atom. The molecule has 1 atom stereocenters. The fourth-order valence-corrected chi connectivity index (χ4v) is 2.11. The van der Waals surface area contributed by atoms with Crippen LogP contribution in [-0.2, 0) is 0 Å². The van der Waals surface area contributed by atoms with E-state index in [-0.39, 0.29) is 0 Å². The van der Waals surface area contributed by atoms with Gasteiger partial charge in [-0.25, -0.2) is 0 Å². The van der Waals surface area contributed by atoms with Gasteiger partial charge < -0.3 is 14.8 Å². The summed E-state index contributed by atoms with van der Waals surface area (Å²) in [6.45, 7) is 6.92. The molecule has 1 rings (SSSR count). The molecule has 0 fully saturated rings. The van der Waals surface area contributed by atoms with E-state index in [4.69, 9.17) is 4.74 Å². The third kappa shape index (κ3) is 5.25. The van der Waals surface area contributed by atoms with Crippen molar-refractivity contribution in [3.05, 3.63) is 23.8 Å². The Bertz CT molecular complexity index is 380. The molecule has 4 heteroatoms. The van der Waals surface area contributed by atoms with Crippen molar-refractivity contribution in [3.63, 3.8) is 0 Å². The number of aryl methyl sites for hydroxylation is 1. The first kappa shape index (κ1) is 16.1. The number of rotatable bonds is 8. The lowest BCUT2D eigenvalue weighted by Crippen LogP contribution is -2.32. The molecular formula is C15H25BO3. The molecule has 19 heavy (non-hydrogen) atoms. The standard InChI is InChI=1S/C15H25BO3/c1-4-6-7-13(5-2)11-19-15-9-8-12(3)10-14(15)16(17)18/h8-10,13,17-18H,4-7,11H2,1-3H3. The number of hydrogen-bond acceptors (Lipinski definition) is 3. The summed E-state index contributed by atoms with van der Waals surface area (Å²) in [5.41, 5.74) is 1.44. The highest BCUT2D eigenvalue weighted by Gasteiger charge is 2.18. The maximum absolute atomic E-state index is 9.37. The van der Waals surface area contributed by atoms with Crippen LogP contribution in [0.5, 0.6) is 5.75 Å². The van der Waals surface area contributed by atoms with Gasteiger partial charge in [-0.1, -0.05) is 50.8 Å². The normalized spacial score (nSPS) is 12.3. The second-order valence-corrected chi connectivity index (χ2v) is 5.14. The number of unbranched alkanes of at least 4 members (excludes halogenated alkanes) is 1. The van der Waals surface area contributed by atoms with Crippen LogP contribution in [0, 0.1) is 12.8 Å². The van der Waals surface area contributed by atoms with Crippen molar-refractivity contribution in [2.24, 2.45) is 5.92 Å². The van der Waals surface area contributed by atoms with Crippen LogP contribution in [0.2, 0.25) is 0 Å². The zero-order valence-corrected chi connectivity index (χ0v) is 12.2. The van der Waals surface area contributed by atoms with Gasteiger partial charge in [0.15, 0.2) is 0 Å². The van der Waals surface area contributed by atoms with Crippen LogP contribution in [0.4, 0.5) is 0 Å². The van der Waals surface area contributed by atoms with E-state index in [1.807, 2.05) is 19.1 Å². The molecule has 1 aromatic carbocycles. The van der Waals surface area contributed by atoms with Crippen molar-refractivity contribution in [2.75, 3.05) is 6.61 Å². The van der Waals surface area contributed by atoms with Gasteiger partial charge in [-0.2, -0.15) is 0 Å². The number of hydrogen-bond donors (Lipinski definition) is 2. The van der Waals surface area contributed by atoms with Gasteiger partial charge in [0.1, 0.15) is 5.75 Å². The summed E-state index contributed by atoms with van der Waals surface area (Å²) in [5, 5.41) is 18.7. The summed E-state index contributed by atoms with van der Waals surface area (Å²) in [6.07, 6.45) is 4.66. The molecule has 2 N–H and O–H groups in total. The maximum atomic E-state index is 9.37. The molecule has 3 nitrogen and oxygen atoms in total. The van der Waals surface area contributed by atoms with E-state index in [1.165, 1.54) is 12.8 Å². The van der Waals surface area contributed by atoms with Crippen LogP contribution in [0.3, 0.4) is 0 Å². The summed E-state index contributed by atoms with van der Waals surface area (Å²) in [5.74, 6) is 1.11. The SMILES string of the molecule is CCCCC(CC)COc1ccc(C)cc1B(O)O. The van der Waals surface area contributed by atoms with Crippen LogP contribution in [0.15, 0.2) is 18.2 Å². The maximum Gasteiger partial charge on any atom is 0.492 e. The fraction of sp³-hybridized carbons (Fsp3) is 0.600.